The summed E-state index contributed by atoms with van der Waals surface area (Å²) in [5, 5.41) is 30.7. The molecule has 0 bridgehead atoms. The smallest absolute Gasteiger partial charge is 0.0998 e. The van der Waals surface area contributed by atoms with Gasteiger partial charge in [0.15, 0.2) is 0 Å². The first-order valence-corrected chi connectivity index (χ1v) is 13.7. The van der Waals surface area contributed by atoms with Gasteiger partial charge in [0.05, 0.1) is 45.9 Å². The molecule has 5 heteroatoms. The molecular weight excluding hydrogens is 526 g/mol. The Kier molecular flexibility index (Phi) is 6.22. The van der Waals surface area contributed by atoms with E-state index in [1.807, 2.05) is 72.8 Å². The molecular formula is C38H21N5. The van der Waals surface area contributed by atoms with Gasteiger partial charge in [0.1, 0.15) is 0 Å². The Morgan fingerprint density at radius 2 is 0.977 bits per heavy atom. The third kappa shape index (κ3) is 4.47. The van der Waals surface area contributed by atoms with Crippen molar-refractivity contribution in [2.75, 3.05) is 0 Å². The van der Waals surface area contributed by atoms with E-state index < -0.39 is 0 Å². The summed E-state index contributed by atoms with van der Waals surface area (Å²) in [7, 11) is 0. The highest BCUT2D eigenvalue weighted by Crippen LogP contribution is 2.38. The van der Waals surface area contributed by atoms with Gasteiger partial charge in [0.2, 0.25) is 0 Å². The van der Waals surface area contributed by atoms with Crippen LogP contribution in [-0.2, 0) is 0 Å². The summed E-state index contributed by atoms with van der Waals surface area (Å²) in [4.78, 5) is 4.16. The van der Waals surface area contributed by atoms with E-state index in [1.54, 1.807) is 12.4 Å². The van der Waals surface area contributed by atoms with Crippen LogP contribution in [-0.4, -0.2) is 9.55 Å². The lowest BCUT2D eigenvalue weighted by atomic mass is 10.0. The topological polar surface area (TPSA) is 89.2 Å². The highest BCUT2D eigenvalue weighted by Gasteiger charge is 2.16. The molecule has 0 aliphatic heterocycles. The van der Waals surface area contributed by atoms with Crippen molar-refractivity contribution in [1.82, 2.24) is 9.55 Å². The molecule has 0 atom stereocenters. The molecule has 5 aromatic carbocycles. The first kappa shape index (κ1) is 25.5. The number of benzene rings is 5. The van der Waals surface area contributed by atoms with Gasteiger partial charge in [-0.25, -0.2) is 0 Å². The van der Waals surface area contributed by atoms with E-state index >= 15 is 0 Å². The predicted octanol–water partition coefficient (Wildman–Crippen LogP) is 8.79. The van der Waals surface area contributed by atoms with Crippen molar-refractivity contribution >= 4 is 21.8 Å². The molecule has 5 nitrogen and oxygen atoms in total. The van der Waals surface area contributed by atoms with Crippen molar-refractivity contribution in [2.45, 2.75) is 0 Å². The van der Waals surface area contributed by atoms with Gasteiger partial charge in [0.25, 0.3) is 0 Å². The number of hydrogen-bond acceptors (Lipinski definition) is 4. The largest absolute Gasteiger partial charge is 0.309 e. The third-order valence-corrected chi connectivity index (χ3v) is 7.84. The Bertz CT molecular complexity index is 2180. The Morgan fingerprint density at radius 3 is 1.47 bits per heavy atom. The molecule has 0 amide bonds. The van der Waals surface area contributed by atoms with E-state index in [9.17, 15) is 15.8 Å². The molecule has 0 saturated carbocycles. The zero-order valence-electron chi connectivity index (χ0n) is 22.9. The van der Waals surface area contributed by atoms with E-state index in [2.05, 4.69) is 70.2 Å². The van der Waals surface area contributed by atoms with Crippen LogP contribution in [0.25, 0.3) is 60.9 Å². The van der Waals surface area contributed by atoms with Gasteiger partial charge in [-0.2, -0.15) is 15.8 Å². The van der Waals surface area contributed by atoms with Crippen LogP contribution >= 0.6 is 0 Å². The van der Waals surface area contributed by atoms with Gasteiger partial charge < -0.3 is 4.57 Å². The van der Waals surface area contributed by atoms with Crippen molar-refractivity contribution in [3.05, 3.63) is 144 Å². The number of nitrogens with zero attached hydrogens (tertiary/aromatic N) is 5. The van der Waals surface area contributed by atoms with Crippen LogP contribution in [0.3, 0.4) is 0 Å². The summed E-state index contributed by atoms with van der Waals surface area (Å²) in [5.41, 5.74) is 10.7. The second kappa shape index (κ2) is 10.5. The number of aromatic nitrogens is 2. The highest BCUT2D eigenvalue weighted by molar-refractivity contribution is 6.11. The zero-order valence-corrected chi connectivity index (χ0v) is 22.9. The van der Waals surface area contributed by atoms with Gasteiger partial charge in [0, 0.05) is 34.4 Å². The molecule has 0 N–H and O–H groups in total. The first-order valence-electron chi connectivity index (χ1n) is 13.7. The SMILES string of the molecule is N#Cc1ccc(-c2ccc3c4ccc(-c5ccc(C#N)cc5)cc4n(-c4ccc(C#N)c(-c5ccncc5)c4)c3c2)cc1. The van der Waals surface area contributed by atoms with E-state index in [0.717, 1.165) is 60.9 Å². The average molecular weight is 548 g/mol. The number of pyridine rings is 1. The van der Waals surface area contributed by atoms with E-state index in [1.165, 1.54) is 0 Å². The van der Waals surface area contributed by atoms with Gasteiger partial charge in [-0.3, -0.25) is 4.98 Å². The normalized spacial score (nSPS) is 10.7. The van der Waals surface area contributed by atoms with E-state index in [4.69, 9.17) is 0 Å². The maximum Gasteiger partial charge on any atom is 0.0998 e. The lowest BCUT2D eigenvalue weighted by molar-refractivity contribution is 1.18. The highest BCUT2D eigenvalue weighted by atomic mass is 15.0. The molecule has 2 aromatic heterocycles. The summed E-state index contributed by atoms with van der Waals surface area (Å²) >= 11 is 0. The molecule has 0 radical (unpaired) electrons. The number of rotatable bonds is 4. The summed E-state index contributed by atoms with van der Waals surface area (Å²) in [6.45, 7) is 0. The standard InChI is InChI=1S/C38H21N5/c39-22-25-1-5-27(6-2-25)30-10-13-34-35-14-11-31(28-7-3-26(23-40)4-8-28)20-38(35)43(37(34)19-30)33-12-9-32(24-41)36(21-33)29-15-17-42-18-16-29/h1-21H. The van der Waals surface area contributed by atoms with Crippen molar-refractivity contribution < 1.29 is 0 Å². The molecule has 7 aromatic rings. The predicted molar refractivity (Wildman–Crippen MR) is 169 cm³/mol. The minimum atomic E-state index is 0.590. The van der Waals surface area contributed by atoms with Crippen molar-refractivity contribution in [1.29, 1.82) is 15.8 Å². The van der Waals surface area contributed by atoms with Crippen LogP contribution in [0.1, 0.15) is 16.7 Å². The fourth-order valence-electron chi connectivity index (χ4n) is 5.67. The minimum absolute atomic E-state index is 0.590. The quantitative estimate of drug-likeness (QED) is 0.220. The molecule has 43 heavy (non-hydrogen) atoms. The van der Waals surface area contributed by atoms with Gasteiger partial charge in [-0.15, -0.1) is 0 Å². The summed E-state index contributed by atoms with van der Waals surface area (Å²) in [6, 6.07) is 44.6. The molecule has 0 aliphatic carbocycles. The van der Waals surface area contributed by atoms with Gasteiger partial charge in [-0.1, -0.05) is 48.5 Å². The van der Waals surface area contributed by atoms with Crippen molar-refractivity contribution in [3.8, 4) is 57.3 Å². The van der Waals surface area contributed by atoms with Crippen LogP contribution < -0.4 is 0 Å². The number of fused-ring (bicyclic) bond motifs is 3. The van der Waals surface area contributed by atoms with Crippen LogP contribution in [0.4, 0.5) is 0 Å². The summed E-state index contributed by atoms with van der Waals surface area (Å²) in [6.07, 6.45) is 3.47. The Balaban J connectivity index is 1.51. The van der Waals surface area contributed by atoms with Crippen molar-refractivity contribution in [3.63, 3.8) is 0 Å². The van der Waals surface area contributed by atoms with Crippen molar-refractivity contribution in [2.24, 2.45) is 0 Å². The van der Waals surface area contributed by atoms with E-state index in [-0.39, 0.29) is 0 Å². The molecule has 0 spiro atoms. The lowest BCUT2D eigenvalue weighted by Gasteiger charge is -2.13. The maximum atomic E-state index is 9.93. The molecule has 7 rings (SSSR count). The number of nitriles is 3. The molecule has 0 unspecified atom stereocenters. The fraction of sp³-hybridized carbons (Fsp3) is 0. The fourth-order valence-corrected chi connectivity index (χ4v) is 5.67. The maximum absolute atomic E-state index is 9.93. The third-order valence-electron chi connectivity index (χ3n) is 7.84. The van der Waals surface area contributed by atoms with E-state index in [0.29, 0.717) is 16.7 Å². The van der Waals surface area contributed by atoms with Crippen LogP contribution in [0, 0.1) is 34.0 Å². The van der Waals surface area contributed by atoms with Crippen LogP contribution in [0.2, 0.25) is 0 Å². The molecule has 2 heterocycles. The molecule has 198 valence electrons. The Labute approximate surface area is 248 Å². The summed E-state index contributed by atoms with van der Waals surface area (Å²) in [5.74, 6) is 0. The summed E-state index contributed by atoms with van der Waals surface area (Å²) < 4.78 is 2.25. The van der Waals surface area contributed by atoms with Gasteiger partial charge in [-0.05, 0) is 94.5 Å². The molecule has 0 saturated heterocycles. The average Bonchev–Trinajstić information content (AvgIpc) is 3.41. The molecule has 0 fully saturated rings. The zero-order chi connectivity index (χ0) is 29.3. The minimum Gasteiger partial charge on any atom is -0.309 e. The second-order valence-electron chi connectivity index (χ2n) is 10.3. The first-order chi connectivity index (χ1) is 21.2. The van der Waals surface area contributed by atoms with Crippen LogP contribution in [0.5, 0.6) is 0 Å². The van der Waals surface area contributed by atoms with Crippen LogP contribution in [0.15, 0.2) is 128 Å². The van der Waals surface area contributed by atoms with Gasteiger partial charge >= 0.3 is 0 Å². The monoisotopic (exact) mass is 547 g/mol. The Morgan fingerprint density at radius 1 is 0.465 bits per heavy atom. The molecule has 0 aliphatic rings. The Hall–Kier alpha value is -6.48. The second-order valence-corrected chi connectivity index (χ2v) is 10.3. The number of hydrogen-bond donors (Lipinski definition) is 0. The lowest BCUT2D eigenvalue weighted by Crippen LogP contribution is -1.97.